The van der Waals surface area contributed by atoms with Crippen molar-refractivity contribution in [3.8, 4) is 11.3 Å². The van der Waals surface area contributed by atoms with Gasteiger partial charge in [-0.25, -0.2) is 19.2 Å². The van der Waals surface area contributed by atoms with Crippen molar-refractivity contribution < 1.29 is 18.3 Å². The van der Waals surface area contributed by atoms with Gasteiger partial charge in [0.25, 0.3) is 0 Å². The van der Waals surface area contributed by atoms with Crippen LogP contribution in [0.25, 0.3) is 33.5 Å². The molecule has 37 heavy (non-hydrogen) atoms. The SMILES string of the molecule is CCc1nc2c(C)cc(C)nc2n1Cc1ccc2oc(-c3cccc(F)c3C(=O)OC(C)(C)C)cc2c1. The normalized spacial score (nSPS) is 12.0. The highest BCUT2D eigenvalue weighted by atomic mass is 19.1. The van der Waals surface area contributed by atoms with Gasteiger partial charge < -0.3 is 13.7 Å². The molecule has 0 radical (unpaired) electrons. The molecule has 190 valence electrons. The number of hydrogen-bond acceptors (Lipinski definition) is 5. The van der Waals surface area contributed by atoms with E-state index in [0.29, 0.717) is 23.5 Å². The predicted molar refractivity (Wildman–Crippen MR) is 142 cm³/mol. The summed E-state index contributed by atoms with van der Waals surface area (Å²) in [5.74, 6) is 0.0117. The summed E-state index contributed by atoms with van der Waals surface area (Å²) in [7, 11) is 0. The number of nitrogens with zero attached hydrogens (tertiary/aromatic N) is 3. The Kier molecular flexibility index (Phi) is 6.10. The summed E-state index contributed by atoms with van der Waals surface area (Å²) in [6.07, 6.45) is 0.792. The van der Waals surface area contributed by atoms with Crippen LogP contribution in [-0.4, -0.2) is 26.1 Å². The molecule has 6 nitrogen and oxygen atoms in total. The number of halogens is 1. The molecule has 0 saturated carbocycles. The van der Waals surface area contributed by atoms with Crippen LogP contribution in [0.4, 0.5) is 4.39 Å². The van der Waals surface area contributed by atoms with Crippen molar-refractivity contribution >= 4 is 28.1 Å². The molecule has 0 aliphatic carbocycles. The molecule has 3 aromatic heterocycles. The maximum Gasteiger partial charge on any atom is 0.342 e. The Balaban J connectivity index is 1.54. The van der Waals surface area contributed by atoms with Crippen LogP contribution in [0.5, 0.6) is 0 Å². The number of imidazole rings is 1. The van der Waals surface area contributed by atoms with Crippen LogP contribution in [0, 0.1) is 19.7 Å². The van der Waals surface area contributed by atoms with Gasteiger partial charge in [0.05, 0.1) is 6.54 Å². The average molecular weight is 500 g/mol. The zero-order valence-corrected chi connectivity index (χ0v) is 22.0. The highest BCUT2D eigenvalue weighted by molar-refractivity contribution is 5.98. The van der Waals surface area contributed by atoms with Crippen LogP contribution >= 0.6 is 0 Å². The smallest absolute Gasteiger partial charge is 0.342 e. The van der Waals surface area contributed by atoms with Crippen molar-refractivity contribution in [2.45, 2.75) is 60.1 Å². The molecule has 0 fully saturated rings. The van der Waals surface area contributed by atoms with E-state index in [1.54, 1.807) is 32.9 Å². The number of carbonyl (C=O) groups is 1. The fourth-order valence-corrected chi connectivity index (χ4v) is 4.66. The van der Waals surface area contributed by atoms with Gasteiger partial charge >= 0.3 is 5.97 Å². The fourth-order valence-electron chi connectivity index (χ4n) is 4.66. The van der Waals surface area contributed by atoms with E-state index in [2.05, 4.69) is 24.5 Å². The van der Waals surface area contributed by atoms with Gasteiger partial charge in [-0.2, -0.15) is 0 Å². The minimum absolute atomic E-state index is 0.133. The Hall–Kier alpha value is -4.00. The molecule has 3 heterocycles. The number of pyridine rings is 1. The predicted octanol–water partition coefficient (Wildman–Crippen LogP) is 7.17. The van der Waals surface area contributed by atoms with Gasteiger partial charge in [0.2, 0.25) is 0 Å². The Bertz CT molecular complexity index is 1660. The molecule has 5 rings (SSSR count). The molecule has 5 aromatic rings. The zero-order valence-electron chi connectivity index (χ0n) is 22.0. The standard InChI is InChI=1S/C30H30FN3O3/c1-7-25-33-27-17(2)13-18(3)32-28(27)34(25)16-19-11-12-23-20(14-19)15-24(36-23)21-9-8-10-22(31)26(21)29(35)37-30(4,5)6/h8-15H,7,16H2,1-6H3. The largest absolute Gasteiger partial charge is 0.456 e. The van der Waals surface area contributed by atoms with Crippen molar-refractivity contribution in [1.29, 1.82) is 0 Å². The summed E-state index contributed by atoms with van der Waals surface area (Å²) in [6, 6.07) is 14.3. The van der Waals surface area contributed by atoms with Crippen molar-refractivity contribution in [2.75, 3.05) is 0 Å². The average Bonchev–Trinajstić information content (AvgIpc) is 3.39. The number of furan rings is 1. The van der Waals surface area contributed by atoms with Crippen LogP contribution in [0.3, 0.4) is 0 Å². The number of rotatable bonds is 5. The molecule has 0 unspecified atom stereocenters. The minimum atomic E-state index is -0.750. The zero-order chi connectivity index (χ0) is 26.5. The molecule has 0 atom stereocenters. The second kappa shape index (κ2) is 9.14. The Labute approximate surface area is 215 Å². The highest BCUT2D eigenvalue weighted by Crippen LogP contribution is 2.33. The lowest BCUT2D eigenvalue weighted by atomic mass is 10.0. The number of hydrogen-bond donors (Lipinski definition) is 0. The maximum absolute atomic E-state index is 14.8. The third-order valence-electron chi connectivity index (χ3n) is 6.22. The maximum atomic E-state index is 14.8. The van der Waals surface area contributed by atoms with Gasteiger partial charge in [-0.15, -0.1) is 0 Å². The Morgan fingerprint density at radius 2 is 1.86 bits per heavy atom. The molecule has 2 aromatic carbocycles. The summed E-state index contributed by atoms with van der Waals surface area (Å²) in [4.78, 5) is 22.4. The van der Waals surface area contributed by atoms with Gasteiger partial charge in [0, 0.05) is 23.1 Å². The van der Waals surface area contributed by atoms with Gasteiger partial charge in [0.15, 0.2) is 5.65 Å². The molecule has 0 aliphatic heterocycles. The fraction of sp³-hybridized carbons (Fsp3) is 0.300. The van der Waals surface area contributed by atoms with Crippen LogP contribution in [0.15, 0.2) is 52.9 Å². The van der Waals surface area contributed by atoms with E-state index in [0.717, 1.165) is 45.6 Å². The lowest BCUT2D eigenvalue weighted by Gasteiger charge is -2.20. The van der Waals surface area contributed by atoms with Crippen LogP contribution < -0.4 is 0 Å². The van der Waals surface area contributed by atoms with Crippen molar-refractivity contribution in [2.24, 2.45) is 0 Å². The molecule has 0 saturated heterocycles. The summed E-state index contributed by atoms with van der Waals surface area (Å²) in [5.41, 5.74) is 5.05. The van der Waals surface area contributed by atoms with Crippen LogP contribution in [0.1, 0.15) is 60.7 Å². The lowest BCUT2D eigenvalue weighted by molar-refractivity contribution is 0.00654. The first-order valence-corrected chi connectivity index (χ1v) is 12.4. The van der Waals surface area contributed by atoms with E-state index in [-0.39, 0.29) is 5.56 Å². The second-order valence-corrected chi connectivity index (χ2v) is 10.4. The van der Waals surface area contributed by atoms with Crippen LogP contribution in [0.2, 0.25) is 0 Å². The molecule has 0 spiro atoms. The molecule has 0 amide bonds. The Morgan fingerprint density at radius 3 is 2.59 bits per heavy atom. The molecule has 7 heteroatoms. The van der Waals surface area contributed by atoms with Crippen molar-refractivity contribution in [3.05, 3.63) is 82.6 Å². The number of ether oxygens (including phenoxy) is 1. The number of esters is 1. The van der Waals surface area contributed by atoms with Gasteiger partial charge in [-0.05, 0) is 76.1 Å². The third kappa shape index (κ3) is 4.73. The lowest BCUT2D eigenvalue weighted by Crippen LogP contribution is -2.24. The molecular formula is C30H30FN3O3. The summed E-state index contributed by atoms with van der Waals surface area (Å²) in [6.45, 7) is 12.0. The van der Waals surface area contributed by atoms with Crippen LogP contribution in [-0.2, 0) is 17.7 Å². The van der Waals surface area contributed by atoms with E-state index in [9.17, 15) is 9.18 Å². The molecular weight excluding hydrogens is 469 g/mol. The number of benzene rings is 2. The first kappa shape index (κ1) is 24.7. The van der Waals surface area contributed by atoms with Gasteiger partial charge in [0.1, 0.15) is 39.7 Å². The number of carbonyl (C=O) groups excluding carboxylic acids is 1. The van der Waals surface area contributed by atoms with E-state index in [1.165, 1.54) is 6.07 Å². The molecule has 0 aliphatic rings. The summed E-state index contributed by atoms with van der Waals surface area (Å²) in [5, 5.41) is 0.856. The number of aromatic nitrogens is 3. The first-order chi connectivity index (χ1) is 17.5. The van der Waals surface area contributed by atoms with Gasteiger partial charge in [-0.3, -0.25) is 0 Å². The van der Waals surface area contributed by atoms with E-state index >= 15 is 0 Å². The summed E-state index contributed by atoms with van der Waals surface area (Å²) >= 11 is 0. The molecule has 0 bridgehead atoms. The first-order valence-electron chi connectivity index (χ1n) is 12.4. The number of fused-ring (bicyclic) bond motifs is 2. The topological polar surface area (TPSA) is 70.2 Å². The molecule has 0 N–H and O–H groups in total. The number of aryl methyl sites for hydroxylation is 3. The van der Waals surface area contributed by atoms with Crippen molar-refractivity contribution in [3.63, 3.8) is 0 Å². The Morgan fingerprint density at radius 1 is 1.08 bits per heavy atom. The van der Waals surface area contributed by atoms with E-state index in [1.807, 2.05) is 31.2 Å². The highest BCUT2D eigenvalue weighted by Gasteiger charge is 2.25. The van der Waals surface area contributed by atoms with Gasteiger partial charge in [-0.1, -0.05) is 25.1 Å². The quantitative estimate of drug-likeness (QED) is 0.240. The third-order valence-corrected chi connectivity index (χ3v) is 6.22. The van der Waals surface area contributed by atoms with E-state index < -0.39 is 17.4 Å². The summed E-state index contributed by atoms with van der Waals surface area (Å²) < 4.78 is 28.5. The van der Waals surface area contributed by atoms with E-state index in [4.69, 9.17) is 19.1 Å². The second-order valence-electron chi connectivity index (χ2n) is 10.4. The monoisotopic (exact) mass is 499 g/mol. The minimum Gasteiger partial charge on any atom is -0.456 e. The van der Waals surface area contributed by atoms with Crippen molar-refractivity contribution in [1.82, 2.24) is 14.5 Å².